The van der Waals surface area contributed by atoms with Crippen LogP contribution in [-0.2, 0) is 20.6 Å². The summed E-state index contributed by atoms with van der Waals surface area (Å²) < 4.78 is 82.1. The lowest BCUT2D eigenvalue weighted by Crippen LogP contribution is -2.38. The van der Waals surface area contributed by atoms with Crippen LogP contribution in [0.3, 0.4) is 0 Å². The van der Waals surface area contributed by atoms with E-state index in [1.807, 2.05) is 0 Å². The largest absolute Gasteiger partial charge is 0.495 e. The summed E-state index contributed by atoms with van der Waals surface area (Å²) >= 11 is 0. The van der Waals surface area contributed by atoms with E-state index in [-0.39, 0.29) is 28.3 Å². The quantitative estimate of drug-likeness (QED) is 0.184. The molecule has 1 atom stereocenters. The first-order chi connectivity index (χ1) is 19.5. The van der Waals surface area contributed by atoms with E-state index in [9.17, 15) is 40.7 Å². The number of carbonyl (C=O) groups is 3. The topological polar surface area (TPSA) is 129 Å². The molecular weight excluding hydrogens is 572 g/mol. The fourth-order valence-corrected chi connectivity index (χ4v) is 3.58. The van der Waals surface area contributed by atoms with Crippen molar-refractivity contribution in [2.24, 2.45) is 11.8 Å². The molecule has 230 valence electrons. The monoisotopic (exact) mass is 603 g/mol. The van der Waals surface area contributed by atoms with Crippen LogP contribution < -0.4 is 15.4 Å². The van der Waals surface area contributed by atoms with Crippen molar-refractivity contribution in [2.45, 2.75) is 51.4 Å². The van der Waals surface area contributed by atoms with Gasteiger partial charge in [-0.25, -0.2) is 0 Å². The van der Waals surface area contributed by atoms with Crippen LogP contribution in [0.5, 0.6) is 5.75 Å². The molecule has 1 fully saturated rings. The fourth-order valence-electron chi connectivity index (χ4n) is 3.58. The van der Waals surface area contributed by atoms with Crippen LogP contribution in [0.25, 0.3) is 0 Å². The van der Waals surface area contributed by atoms with Crippen LogP contribution in [-0.4, -0.2) is 48.4 Å². The number of benzene rings is 2. The minimum Gasteiger partial charge on any atom is -0.495 e. The van der Waals surface area contributed by atoms with Gasteiger partial charge in [-0.3, -0.25) is 19.8 Å². The molecule has 14 heteroatoms. The summed E-state index contributed by atoms with van der Waals surface area (Å²) in [6.45, 7) is 1.51. The first kappa shape index (κ1) is 34.1. The molecule has 4 N–H and O–H groups in total. The van der Waals surface area contributed by atoms with Gasteiger partial charge < -0.3 is 20.5 Å². The third-order valence-corrected chi connectivity index (χ3v) is 6.12. The number of hydrogen-bond acceptors (Lipinski definition) is 5. The van der Waals surface area contributed by atoms with Gasteiger partial charge in [0.05, 0.1) is 37.0 Å². The van der Waals surface area contributed by atoms with Gasteiger partial charge in [-0.05, 0) is 30.5 Å². The average Bonchev–Trinajstić information content (AvgIpc) is 3.70. The molecule has 0 aromatic heterocycles. The Morgan fingerprint density at radius 2 is 1.69 bits per heavy atom. The molecule has 1 aliphatic carbocycles. The van der Waals surface area contributed by atoms with Crippen LogP contribution >= 0.6 is 0 Å². The van der Waals surface area contributed by atoms with E-state index in [4.69, 9.17) is 15.3 Å². The van der Waals surface area contributed by atoms with Crippen molar-refractivity contribution in [1.82, 2.24) is 5.32 Å². The van der Waals surface area contributed by atoms with Gasteiger partial charge in [0.15, 0.2) is 0 Å². The lowest BCUT2D eigenvalue weighted by molar-refractivity contribution is -0.147. The van der Waals surface area contributed by atoms with Crippen molar-refractivity contribution in [3.05, 3.63) is 59.2 Å². The highest BCUT2D eigenvalue weighted by Crippen LogP contribution is 2.33. The minimum absolute atomic E-state index is 0.0164. The molecule has 2 aromatic rings. The molecule has 0 spiro atoms. The maximum Gasteiger partial charge on any atom is 0.416 e. The third-order valence-electron chi connectivity index (χ3n) is 6.12. The van der Waals surface area contributed by atoms with Crippen LogP contribution in [0.4, 0.5) is 32.0 Å². The number of anilines is 1. The number of rotatable bonds is 11. The second-order valence-corrected chi connectivity index (χ2v) is 9.73. The van der Waals surface area contributed by atoms with E-state index in [2.05, 4.69) is 17.6 Å². The number of amides is 2. The summed E-state index contributed by atoms with van der Waals surface area (Å²) in [7, 11) is 1.24. The first-order valence-corrected chi connectivity index (χ1v) is 12.8. The number of carboxylic acid groups (broad SMARTS) is 1. The number of carbonyl (C=O) groups excluding carboxylic acids is 2. The summed E-state index contributed by atoms with van der Waals surface area (Å²) in [6.07, 6.45) is -9.37. The van der Waals surface area contributed by atoms with E-state index in [0.717, 1.165) is 24.1 Å². The van der Waals surface area contributed by atoms with E-state index in [1.165, 1.54) is 44.2 Å². The SMILES string of the molecule is CC1CC1.COc1cccc(C(=N)c2cccc(C(F)(F)F)c2)c1NC(=O)CNC(=O)C(CCC(F)(F)F)CC(=O)O. The third kappa shape index (κ3) is 11.4. The van der Waals surface area contributed by atoms with Gasteiger partial charge in [0.1, 0.15) is 5.75 Å². The summed E-state index contributed by atoms with van der Waals surface area (Å²) in [5, 5.41) is 21.8. The first-order valence-electron chi connectivity index (χ1n) is 12.8. The number of hydrogen-bond donors (Lipinski definition) is 4. The number of carboxylic acids is 1. The molecule has 8 nitrogen and oxygen atoms in total. The van der Waals surface area contributed by atoms with Crippen molar-refractivity contribution in [3.8, 4) is 5.75 Å². The molecule has 0 aliphatic heterocycles. The van der Waals surface area contributed by atoms with E-state index >= 15 is 0 Å². The van der Waals surface area contributed by atoms with E-state index in [0.29, 0.717) is 0 Å². The maximum absolute atomic E-state index is 13.1. The van der Waals surface area contributed by atoms with Gasteiger partial charge >= 0.3 is 18.3 Å². The molecule has 2 aromatic carbocycles. The van der Waals surface area contributed by atoms with Crippen molar-refractivity contribution >= 4 is 29.2 Å². The Balaban J connectivity index is 0.00000141. The van der Waals surface area contributed by atoms with E-state index in [1.54, 1.807) is 0 Å². The Labute approximate surface area is 237 Å². The van der Waals surface area contributed by atoms with Crippen molar-refractivity contribution in [1.29, 1.82) is 5.41 Å². The average molecular weight is 604 g/mol. The van der Waals surface area contributed by atoms with Crippen LogP contribution in [0.2, 0.25) is 0 Å². The standard InChI is InChI=1S/C24H23F6N3O5.C4H8/c1-38-17-7-3-6-16(20(31)13-4-2-5-15(10-13)24(28,29)30)21(17)33-18(34)12-32-22(37)14(11-19(35)36)8-9-23(25,26)27;1-4-2-3-4/h2-7,10,14,31H,8-9,11-12H2,1H3,(H,32,37)(H,33,34)(H,35,36);4H,2-3H2,1H3. The fraction of sp³-hybridized carbons (Fsp3) is 0.429. The van der Waals surface area contributed by atoms with Crippen molar-refractivity contribution < 1.29 is 50.6 Å². The van der Waals surface area contributed by atoms with Crippen molar-refractivity contribution in [2.75, 3.05) is 19.0 Å². The number of methoxy groups -OCH3 is 1. The van der Waals surface area contributed by atoms with Gasteiger partial charge in [0, 0.05) is 23.5 Å². The van der Waals surface area contributed by atoms with Crippen LogP contribution in [0, 0.1) is 17.2 Å². The summed E-state index contributed by atoms with van der Waals surface area (Å²) in [4.78, 5) is 35.8. The predicted molar refractivity (Wildman–Crippen MR) is 141 cm³/mol. The Bertz CT molecular complexity index is 1280. The second kappa shape index (κ2) is 14.7. The zero-order valence-corrected chi connectivity index (χ0v) is 22.8. The van der Waals surface area contributed by atoms with Gasteiger partial charge in [-0.15, -0.1) is 0 Å². The summed E-state index contributed by atoms with van der Waals surface area (Å²) in [5.41, 5.74) is -1.61. The highest BCUT2D eigenvalue weighted by Gasteiger charge is 2.32. The highest BCUT2D eigenvalue weighted by molar-refractivity contribution is 6.16. The molecular formula is C28H31F6N3O5. The smallest absolute Gasteiger partial charge is 0.416 e. The lowest BCUT2D eigenvalue weighted by atomic mass is 9.98. The molecule has 0 bridgehead atoms. The Kier molecular flexibility index (Phi) is 11.9. The molecule has 42 heavy (non-hydrogen) atoms. The number of aliphatic carboxylic acids is 1. The molecule has 1 unspecified atom stereocenters. The lowest BCUT2D eigenvalue weighted by Gasteiger charge is -2.18. The number of para-hydroxylation sites is 1. The molecule has 1 aliphatic rings. The Morgan fingerprint density at radius 1 is 1.07 bits per heavy atom. The zero-order chi connectivity index (χ0) is 31.7. The zero-order valence-electron chi connectivity index (χ0n) is 22.8. The predicted octanol–water partition coefficient (Wildman–Crippen LogP) is 6.03. The van der Waals surface area contributed by atoms with Gasteiger partial charge in [-0.2, -0.15) is 26.3 Å². The summed E-state index contributed by atoms with van der Waals surface area (Å²) in [6, 6.07) is 8.16. The van der Waals surface area contributed by atoms with E-state index < -0.39 is 67.4 Å². The van der Waals surface area contributed by atoms with Crippen molar-refractivity contribution in [3.63, 3.8) is 0 Å². The molecule has 2 amide bonds. The van der Waals surface area contributed by atoms with Gasteiger partial charge in [0.25, 0.3) is 0 Å². The normalized spacial score (nSPS) is 13.7. The Hall–Kier alpha value is -4.10. The summed E-state index contributed by atoms with van der Waals surface area (Å²) in [5.74, 6) is -3.91. The highest BCUT2D eigenvalue weighted by atomic mass is 19.4. The molecule has 3 rings (SSSR count). The Morgan fingerprint density at radius 3 is 2.21 bits per heavy atom. The maximum atomic E-state index is 13.1. The minimum atomic E-state index is -4.65. The second-order valence-electron chi connectivity index (χ2n) is 9.73. The van der Waals surface area contributed by atoms with Crippen LogP contribution in [0.1, 0.15) is 55.7 Å². The van der Waals surface area contributed by atoms with Gasteiger partial charge in [0.2, 0.25) is 11.8 Å². The van der Waals surface area contributed by atoms with Crippen LogP contribution in [0.15, 0.2) is 42.5 Å². The number of halogens is 6. The molecule has 0 heterocycles. The molecule has 0 radical (unpaired) electrons. The number of alkyl halides is 6. The molecule has 0 saturated heterocycles. The van der Waals surface area contributed by atoms with Gasteiger partial charge in [-0.1, -0.05) is 44.0 Å². The molecule has 1 saturated carbocycles. The number of ether oxygens (including phenoxy) is 1. The number of nitrogens with one attached hydrogen (secondary N) is 3.